The topological polar surface area (TPSA) is 216 Å². The minimum absolute atomic E-state index is 0.0561. The predicted octanol–water partition coefficient (Wildman–Crippen LogP) is -1.47. The van der Waals surface area contributed by atoms with E-state index in [1.165, 1.54) is 27.9 Å². The lowest BCUT2D eigenvalue weighted by Gasteiger charge is -2.51. The van der Waals surface area contributed by atoms with E-state index >= 15 is 0 Å². The van der Waals surface area contributed by atoms with Gasteiger partial charge in [-0.3, -0.25) is 28.9 Å². The molecule has 0 aromatic carbocycles. The fourth-order valence-electron chi connectivity index (χ4n) is 4.54. The van der Waals surface area contributed by atoms with Gasteiger partial charge in [0.25, 0.3) is 5.91 Å². The summed E-state index contributed by atoms with van der Waals surface area (Å²) in [5.74, 6) is -9.55. The maximum absolute atomic E-state index is 14.8. The monoisotopic (exact) mass is 545 g/mol. The van der Waals surface area contributed by atoms with Crippen molar-refractivity contribution < 1.29 is 49.2 Å². The highest BCUT2D eigenvalue weighted by Crippen LogP contribution is 2.40. The molecule has 0 saturated carbocycles. The minimum Gasteiger partial charge on any atom is -0.479 e. The third-order valence-corrected chi connectivity index (χ3v) is 7.30. The maximum atomic E-state index is 14.8. The number of ketones is 4. The molecule has 0 spiro atoms. The SMILES string of the molecule is CCC(N)C(=O)C[C@@](C(=O)[C@H](C)O)(C(=O)[C@@](C(=O)[C@@](C)(O)C(=O)O)([C@@H](C)CC)N(C)C(=O)[C@@H](C)O)N(C)C. The highest BCUT2D eigenvalue weighted by molar-refractivity contribution is 6.30. The van der Waals surface area contributed by atoms with Crippen molar-refractivity contribution in [2.45, 2.75) is 95.7 Å². The van der Waals surface area contributed by atoms with Gasteiger partial charge in [0.2, 0.25) is 11.4 Å². The third kappa shape index (κ3) is 6.01. The van der Waals surface area contributed by atoms with E-state index in [4.69, 9.17) is 5.73 Å². The van der Waals surface area contributed by atoms with Crippen molar-refractivity contribution in [2.75, 3.05) is 21.1 Å². The van der Waals surface area contributed by atoms with Crippen LogP contribution in [0.4, 0.5) is 0 Å². The number of carboxylic acid groups (broad SMARTS) is 1. The molecule has 0 heterocycles. The number of aliphatic carboxylic acids is 1. The zero-order chi connectivity index (χ0) is 30.5. The summed E-state index contributed by atoms with van der Waals surface area (Å²) in [6.45, 7) is 7.14. The number of aliphatic hydroxyl groups excluding tert-OH is 2. The van der Waals surface area contributed by atoms with Crippen LogP contribution in [0.1, 0.15) is 60.8 Å². The number of carboxylic acids is 1. The fourth-order valence-corrected chi connectivity index (χ4v) is 4.54. The summed E-state index contributed by atoms with van der Waals surface area (Å²) in [6.07, 6.45) is -4.48. The summed E-state index contributed by atoms with van der Waals surface area (Å²) in [5.41, 5.74) is -2.89. The molecule has 0 aromatic rings. The van der Waals surface area contributed by atoms with Crippen LogP contribution in [0.25, 0.3) is 0 Å². The van der Waals surface area contributed by atoms with Gasteiger partial charge in [0, 0.05) is 13.5 Å². The summed E-state index contributed by atoms with van der Waals surface area (Å²) in [5, 5.41) is 40.9. The minimum atomic E-state index is -3.25. The van der Waals surface area contributed by atoms with E-state index in [1.807, 2.05) is 0 Å². The maximum Gasteiger partial charge on any atom is 0.343 e. The van der Waals surface area contributed by atoms with Crippen molar-refractivity contribution in [3.05, 3.63) is 0 Å². The molecule has 0 aliphatic heterocycles. The molecule has 7 atom stereocenters. The van der Waals surface area contributed by atoms with Crippen LogP contribution in [0.15, 0.2) is 0 Å². The van der Waals surface area contributed by atoms with E-state index < -0.39 is 82.3 Å². The van der Waals surface area contributed by atoms with Gasteiger partial charge in [-0.15, -0.1) is 0 Å². The molecule has 0 saturated heterocycles. The lowest BCUT2D eigenvalue weighted by molar-refractivity contribution is -0.180. The number of likely N-dealkylation sites (N-methyl/N-ethyl adjacent to an activating group) is 2. The van der Waals surface area contributed by atoms with Gasteiger partial charge in [0.15, 0.2) is 28.4 Å². The fraction of sp³-hybridized carbons (Fsp3) is 0.760. The lowest BCUT2D eigenvalue weighted by atomic mass is 9.62. The Kier molecular flexibility index (Phi) is 12.1. The normalized spacial score (nSPS) is 19.6. The first-order valence-electron chi connectivity index (χ1n) is 12.4. The van der Waals surface area contributed by atoms with Crippen LogP contribution < -0.4 is 5.73 Å². The van der Waals surface area contributed by atoms with E-state index in [1.54, 1.807) is 6.92 Å². The summed E-state index contributed by atoms with van der Waals surface area (Å²) >= 11 is 0. The highest BCUT2D eigenvalue weighted by atomic mass is 16.4. The van der Waals surface area contributed by atoms with Crippen molar-refractivity contribution in [1.82, 2.24) is 9.80 Å². The highest BCUT2D eigenvalue weighted by Gasteiger charge is 2.68. The third-order valence-electron chi connectivity index (χ3n) is 7.30. The molecular weight excluding hydrogens is 502 g/mol. The Labute approximate surface area is 223 Å². The Bertz CT molecular complexity index is 946. The molecule has 13 nitrogen and oxygen atoms in total. The van der Waals surface area contributed by atoms with Gasteiger partial charge in [-0.1, -0.05) is 27.2 Å². The first-order valence-corrected chi connectivity index (χ1v) is 12.4. The average Bonchev–Trinajstić information content (AvgIpc) is 2.84. The first-order chi connectivity index (χ1) is 17.2. The quantitative estimate of drug-likeness (QED) is 0.141. The molecule has 0 aliphatic rings. The van der Waals surface area contributed by atoms with Gasteiger partial charge in [0.05, 0.1) is 6.04 Å². The standard InChI is InChI=1S/C25H43N3O10/c1-10-13(3)25(28(9)19(33)15(5)30,20(34)23(6,38)22(36)37)21(35)24(27(7)8,18(32)14(4)29)12-17(31)16(26)11-2/h13-16,29-30,38H,10-12,26H2,1-9H3,(H,36,37)/t13-,14-,15+,16?,23+,24+,25-/m0/s1. The number of nitrogens with two attached hydrogens (primary N) is 1. The molecule has 1 unspecified atom stereocenters. The van der Waals surface area contributed by atoms with Crippen molar-refractivity contribution in [3.63, 3.8) is 0 Å². The first kappa shape index (κ1) is 35.4. The van der Waals surface area contributed by atoms with Crippen molar-refractivity contribution in [3.8, 4) is 0 Å². The van der Waals surface area contributed by atoms with Gasteiger partial charge >= 0.3 is 5.97 Å². The number of Topliss-reactive ketones (excluding diaryl/α,β-unsaturated/α-hetero) is 4. The zero-order valence-corrected chi connectivity index (χ0v) is 23.6. The summed E-state index contributed by atoms with van der Waals surface area (Å²) in [7, 11) is 3.43. The number of carbonyl (C=O) groups is 6. The molecule has 1 amide bonds. The number of carbonyl (C=O) groups excluding carboxylic acids is 5. The molecule has 0 rings (SSSR count). The van der Waals surface area contributed by atoms with Crippen LogP contribution in [0.3, 0.4) is 0 Å². The molecule has 0 radical (unpaired) electrons. The van der Waals surface area contributed by atoms with Crippen LogP contribution in [-0.2, 0) is 28.8 Å². The number of aliphatic hydroxyl groups is 3. The van der Waals surface area contributed by atoms with Crippen molar-refractivity contribution in [2.24, 2.45) is 11.7 Å². The van der Waals surface area contributed by atoms with Crippen LogP contribution in [0.5, 0.6) is 0 Å². The van der Waals surface area contributed by atoms with Crippen LogP contribution in [0.2, 0.25) is 0 Å². The van der Waals surface area contributed by atoms with Gasteiger partial charge < -0.3 is 31.1 Å². The number of rotatable bonds is 16. The van der Waals surface area contributed by atoms with Crippen LogP contribution in [0, 0.1) is 5.92 Å². The second-order valence-corrected chi connectivity index (χ2v) is 10.1. The summed E-state index contributed by atoms with van der Waals surface area (Å²) < 4.78 is 0. The van der Waals surface area contributed by atoms with E-state index in [0.29, 0.717) is 11.8 Å². The molecule has 38 heavy (non-hydrogen) atoms. The second-order valence-electron chi connectivity index (χ2n) is 10.1. The van der Waals surface area contributed by atoms with Crippen molar-refractivity contribution in [1.29, 1.82) is 0 Å². The molecule has 0 aromatic heterocycles. The molecule has 0 bridgehead atoms. The number of hydrogen-bond donors (Lipinski definition) is 5. The van der Waals surface area contributed by atoms with Gasteiger partial charge in [-0.2, -0.15) is 0 Å². The van der Waals surface area contributed by atoms with Crippen molar-refractivity contribution >= 4 is 35.0 Å². The number of amides is 1. The van der Waals surface area contributed by atoms with Crippen LogP contribution in [-0.4, -0.2) is 121 Å². The molecule has 13 heteroatoms. The average molecular weight is 546 g/mol. The lowest BCUT2D eigenvalue weighted by Crippen LogP contribution is -2.78. The number of hydrogen-bond acceptors (Lipinski definition) is 11. The number of nitrogens with zero attached hydrogens (tertiary/aromatic N) is 2. The van der Waals surface area contributed by atoms with E-state index in [-0.39, 0.29) is 12.8 Å². The Morgan fingerprint density at radius 3 is 1.66 bits per heavy atom. The second kappa shape index (κ2) is 13.0. The summed E-state index contributed by atoms with van der Waals surface area (Å²) in [6, 6.07) is -1.13. The predicted molar refractivity (Wildman–Crippen MR) is 136 cm³/mol. The Morgan fingerprint density at radius 2 is 1.34 bits per heavy atom. The zero-order valence-electron chi connectivity index (χ0n) is 23.6. The smallest absolute Gasteiger partial charge is 0.343 e. The van der Waals surface area contributed by atoms with E-state index in [9.17, 15) is 49.2 Å². The van der Waals surface area contributed by atoms with Gasteiger partial charge in [-0.25, -0.2) is 4.79 Å². The van der Waals surface area contributed by atoms with E-state index in [2.05, 4.69) is 0 Å². The van der Waals surface area contributed by atoms with Gasteiger partial charge in [-0.05, 0) is 47.2 Å². The van der Waals surface area contributed by atoms with Crippen LogP contribution >= 0.6 is 0 Å². The molecule has 0 aliphatic carbocycles. The Morgan fingerprint density at radius 1 is 0.868 bits per heavy atom. The molecule has 218 valence electrons. The largest absolute Gasteiger partial charge is 0.479 e. The Hall–Kier alpha value is -2.58. The Balaban J connectivity index is 8.13. The van der Waals surface area contributed by atoms with E-state index in [0.717, 1.165) is 25.8 Å². The van der Waals surface area contributed by atoms with Gasteiger partial charge in [0.1, 0.15) is 12.2 Å². The molecule has 6 N–H and O–H groups in total. The molecule has 0 fully saturated rings. The summed E-state index contributed by atoms with van der Waals surface area (Å²) in [4.78, 5) is 82.2. The molecular formula is C25H43N3O10.